The van der Waals surface area contributed by atoms with E-state index >= 15 is 0 Å². The highest BCUT2D eigenvalue weighted by atomic mass is 35.5. The average molecular weight is 236 g/mol. The van der Waals surface area contributed by atoms with Gasteiger partial charge in [0.05, 0.1) is 16.9 Å². The van der Waals surface area contributed by atoms with Crippen molar-refractivity contribution in [2.24, 2.45) is 0 Å². The number of rotatable bonds is 3. The average Bonchev–Trinajstić information content (AvgIpc) is 2.70. The summed E-state index contributed by atoms with van der Waals surface area (Å²) in [6.45, 7) is 2.86. The van der Waals surface area contributed by atoms with E-state index in [0.717, 1.165) is 23.5 Å². The lowest BCUT2D eigenvalue weighted by Crippen LogP contribution is -1.99. The number of anilines is 1. The summed E-state index contributed by atoms with van der Waals surface area (Å²) in [4.78, 5) is 0. The summed E-state index contributed by atoms with van der Waals surface area (Å²) in [5, 5.41) is 8.03. The van der Waals surface area contributed by atoms with Crippen LogP contribution in [0.25, 0.3) is 11.3 Å². The third kappa shape index (κ3) is 1.91. The summed E-state index contributed by atoms with van der Waals surface area (Å²) < 4.78 is 1.90. The highest BCUT2D eigenvalue weighted by Crippen LogP contribution is 2.29. The first-order valence-electron chi connectivity index (χ1n) is 5.25. The molecule has 0 atom stereocenters. The maximum atomic E-state index is 6.15. The number of aromatic nitrogens is 2. The molecule has 16 heavy (non-hydrogen) atoms. The molecular weight excluding hydrogens is 222 g/mol. The van der Waals surface area contributed by atoms with Crippen molar-refractivity contribution < 1.29 is 0 Å². The summed E-state index contributed by atoms with van der Waals surface area (Å²) in [5.41, 5.74) is 3.12. The maximum absolute atomic E-state index is 6.15. The molecule has 1 N–H and O–H groups in total. The Morgan fingerprint density at radius 3 is 2.94 bits per heavy atom. The van der Waals surface area contributed by atoms with E-state index in [1.165, 1.54) is 0 Å². The Kier molecular flexibility index (Phi) is 3.15. The lowest BCUT2D eigenvalue weighted by molar-refractivity contribution is 0.667. The van der Waals surface area contributed by atoms with Crippen molar-refractivity contribution in [2.75, 3.05) is 12.4 Å². The fraction of sp³-hybridized carbons (Fsp3) is 0.250. The standard InChI is InChI=1S/C12H14ClN3/c1-3-16-12(11(13)8-15-16)9-5-4-6-10(7-9)14-2/h4-8,14H,3H2,1-2H3. The molecule has 0 spiro atoms. The SMILES string of the molecule is CCn1ncc(Cl)c1-c1cccc(NC)c1. The van der Waals surface area contributed by atoms with Gasteiger partial charge in [-0.05, 0) is 19.1 Å². The number of halogens is 1. The van der Waals surface area contributed by atoms with E-state index in [1.54, 1.807) is 6.20 Å². The summed E-state index contributed by atoms with van der Waals surface area (Å²) in [6, 6.07) is 8.12. The molecule has 0 fully saturated rings. The summed E-state index contributed by atoms with van der Waals surface area (Å²) in [5.74, 6) is 0. The number of aryl methyl sites for hydroxylation is 1. The van der Waals surface area contributed by atoms with Gasteiger partial charge in [0.2, 0.25) is 0 Å². The Bertz CT molecular complexity index is 491. The normalized spacial score (nSPS) is 10.4. The predicted octanol–water partition coefficient (Wildman–Crippen LogP) is 3.27. The Morgan fingerprint density at radius 2 is 2.25 bits per heavy atom. The van der Waals surface area contributed by atoms with Gasteiger partial charge in [-0.25, -0.2) is 0 Å². The summed E-state index contributed by atoms with van der Waals surface area (Å²) >= 11 is 6.15. The van der Waals surface area contributed by atoms with Crippen molar-refractivity contribution in [3.8, 4) is 11.3 Å². The molecule has 0 aliphatic heterocycles. The van der Waals surface area contributed by atoms with Crippen LogP contribution < -0.4 is 5.32 Å². The van der Waals surface area contributed by atoms with Gasteiger partial charge < -0.3 is 5.32 Å². The second-order valence-corrected chi connectivity index (χ2v) is 3.89. The zero-order valence-electron chi connectivity index (χ0n) is 9.37. The van der Waals surface area contributed by atoms with E-state index in [4.69, 9.17) is 11.6 Å². The predicted molar refractivity (Wildman–Crippen MR) is 67.9 cm³/mol. The molecule has 0 amide bonds. The highest BCUT2D eigenvalue weighted by molar-refractivity contribution is 6.33. The quantitative estimate of drug-likeness (QED) is 0.885. The van der Waals surface area contributed by atoms with Gasteiger partial charge in [0.25, 0.3) is 0 Å². The molecule has 1 aromatic carbocycles. The minimum absolute atomic E-state index is 0.690. The molecule has 0 bridgehead atoms. The fourth-order valence-electron chi connectivity index (χ4n) is 1.71. The first-order valence-corrected chi connectivity index (χ1v) is 5.63. The monoisotopic (exact) mass is 235 g/mol. The molecule has 0 saturated heterocycles. The fourth-order valence-corrected chi connectivity index (χ4v) is 1.96. The molecule has 0 radical (unpaired) electrons. The lowest BCUT2D eigenvalue weighted by Gasteiger charge is -2.07. The van der Waals surface area contributed by atoms with Crippen LogP contribution in [-0.4, -0.2) is 16.8 Å². The molecule has 0 aliphatic rings. The molecule has 0 aliphatic carbocycles. The third-order valence-corrected chi connectivity index (χ3v) is 2.80. The van der Waals surface area contributed by atoms with Crippen LogP contribution >= 0.6 is 11.6 Å². The van der Waals surface area contributed by atoms with Crippen molar-refractivity contribution in [1.82, 2.24) is 9.78 Å². The van der Waals surface area contributed by atoms with Crippen LogP contribution in [0.2, 0.25) is 5.02 Å². The molecular formula is C12H14ClN3. The minimum atomic E-state index is 0.690. The molecule has 0 saturated carbocycles. The Labute approximate surface area is 100 Å². The van der Waals surface area contributed by atoms with Gasteiger partial charge in [0.15, 0.2) is 0 Å². The van der Waals surface area contributed by atoms with Gasteiger partial charge in [-0.2, -0.15) is 5.10 Å². The van der Waals surface area contributed by atoms with Crippen LogP contribution in [0.1, 0.15) is 6.92 Å². The van der Waals surface area contributed by atoms with E-state index in [9.17, 15) is 0 Å². The Morgan fingerprint density at radius 1 is 1.44 bits per heavy atom. The second-order valence-electron chi connectivity index (χ2n) is 3.49. The molecule has 84 valence electrons. The zero-order valence-corrected chi connectivity index (χ0v) is 10.1. The second kappa shape index (κ2) is 4.58. The Balaban J connectivity index is 2.53. The topological polar surface area (TPSA) is 29.9 Å². The molecule has 1 aromatic heterocycles. The first kappa shape index (κ1) is 11.0. The van der Waals surface area contributed by atoms with Gasteiger partial charge in [0, 0.05) is 24.8 Å². The number of nitrogens with zero attached hydrogens (tertiary/aromatic N) is 2. The van der Waals surface area contributed by atoms with Gasteiger partial charge in [-0.3, -0.25) is 4.68 Å². The molecule has 3 nitrogen and oxygen atoms in total. The first-order chi connectivity index (χ1) is 7.76. The maximum Gasteiger partial charge on any atom is 0.0869 e. The molecule has 0 unspecified atom stereocenters. The van der Waals surface area contributed by atoms with Gasteiger partial charge in [-0.15, -0.1) is 0 Å². The number of nitrogens with one attached hydrogen (secondary N) is 1. The van der Waals surface area contributed by atoms with E-state index in [-0.39, 0.29) is 0 Å². The summed E-state index contributed by atoms with van der Waals surface area (Å²) in [6.07, 6.45) is 1.69. The van der Waals surface area contributed by atoms with Gasteiger partial charge in [-0.1, -0.05) is 23.7 Å². The van der Waals surface area contributed by atoms with Crippen LogP contribution in [0.5, 0.6) is 0 Å². The van der Waals surface area contributed by atoms with Crippen LogP contribution in [-0.2, 0) is 6.54 Å². The highest BCUT2D eigenvalue weighted by Gasteiger charge is 2.10. The van der Waals surface area contributed by atoms with Gasteiger partial charge in [0.1, 0.15) is 0 Å². The minimum Gasteiger partial charge on any atom is -0.388 e. The molecule has 1 heterocycles. The van der Waals surface area contributed by atoms with E-state index in [2.05, 4.69) is 23.4 Å². The van der Waals surface area contributed by atoms with Crippen LogP contribution in [0.4, 0.5) is 5.69 Å². The smallest absolute Gasteiger partial charge is 0.0869 e. The molecule has 4 heteroatoms. The largest absolute Gasteiger partial charge is 0.388 e. The number of hydrogen-bond donors (Lipinski definition) is 1. The van der Waals surface area contributed by atoms with E-state index in [0.29, 0.717) is 5.02 Å². The van der Waals surface area contributed by atoms with E-state index < -0.39 is 0 Å². The lowest BCUT2D eigenvalue weighted by atomic mass is 10.1. The summed E-state index contributed by atoms with van der Waals surface area (Å²) in [7, 11) is 1.90. The van der Waals surface area contributed by atoms with Crippen LogP contribution in [0, 0.1) is 0 Å². The molecule has 2 aromatic rings. The van der Waals surface area contributed by atoms with Crippen molar-refractivity contribution in [3.05, 3.63) is 35.5 Å². The number of benzene rings is 1. The van der Waals surface area contributed by atoms with Crippen LogP contribution in [0.3, 0.4) is 0 Å². The van der Waals surface area contributed by atoms with Crippen molar-refractivity contribution in [3.63, 3.8) is 0 Å². The Hall–Kier alpha value is -1.48. The van der Waals surface area contributed by atoms with Crippen molar-refractivity contribution in [2.45, 2.75) is 13.5 Å². The third-order valence-electron chi connectivity index (χ3n) is 2.52. The number of hydrogen-bond acceptors (Lipinski definition) is 2. The zero-order chi connectivity index (χ0) is 11.5. The van der Waals surface area contributed by atoms with Crippen LogP contribution in [0.15, 0.2) is 30.5 Å². The van der Waals surface area contributed by atoms with Gasteiger partial charge >= 0.3 is 0 Å². The van der Waals surface area contributed by atoms with E-state index in [1.807, 2.05) is 29.9 Å². The van der Waals surface area contributed by atoms with Crippen molar-refractivity contribution >= 4 is 17.3 Å². The van der Waals surface area contributed by atoms with Crippen molar-refractivity contribution in [1.29, 1.82) is 0 Å². The molecule has 2 rings (SSSR count).